The molecular weight excluding hydrogens is 311 g/mol. The van der Waals surface area contributed by atoms with Crippen molar-refractivity contribution in [3.05, 3.63) is 35.1 Å². The van der Waals surface area contributed by atoms with Crippen LogP contribution in [0.4, 0.5) is 4.39 Å². The van der Waals surface area contributed by atoms with E-state index in [2.05, 4.69) is 5.32 Å². The number of likely N-dealkylation sites (tertiary alicyclic amines) is 1. The van der Waals surface area contributed by atoms with E-state index in [4.69, 9.17) is 0 Å². The number of nitrogens with zero attached hydrogens (tertiary/aromatic N) is 1. The first-order chi connectivity index (χ1) is 11.3. The van der Waals surface area contributed by atoms with Crippen LogP contribution in [0.3, 0.4) is 0 Å². The number of benzene rings is 1. The number of aryl methyl sites for hydroxylation is 1. The molecule has 0 saturated carbocycles. The lowest BCUT2D eigenvalue weighted by Crippen LogP contribution is -2.52. The van der Waals surface area contributed by atoms with Gasteiger partial charge in [0.1, 0.15) is 11.9 Å². The molecule has 0 bridgehead atoms. The molecule has 2 N–H and O–H groups in total. The van der Waals surface area contributed by atoms with Gasteiger partial charge in [-0.25, -0.2) is 9.18 Å². The Balaban J connectivity index is 2.08. The first kappa shape index (κ1) is 18.4. The first-order valence-electron chi connectivity index (χ1n) is 8.33. The Morgan fingerprint density at radius 3 is 2.71 bits per heavy atom. The predicted molar refractivity (Wildman–Crippen MR) is 89.0 cm³/mol. The Kier molecular flexibility index (Phi) is 5.94. The molecule has 1 aromatic rings. The summed E-state index contributed by atoms with van der Waals surface area (Å²) in [4.78, 5) is 25.5. The molecule has 1 heterocycles. The molecule has 1 fully saturated rings. The Morgan fingerprint density at radius 1 is 1.42 bits per heavy atom. The van der Waals surface area contributed by atoms with Crippen LogP contribution in [0.5, 0.6) is 0 Å². The zero-order valence-corrected chi connectivity index (χ0v) is 14.4. The maximum Gasteiger partial charge on any atom is 0.326 e. The van der Waals surface area contributed by atoms with Crippen LogP contribution in [0.1, 0.15) is 37.8 Å². The van der Waals surface area contributed by atoms with Gasteiger partial charge < -0.3 is 15.3 Å². The molecule has 24 heavy (non-hydrogen) atoms. The fraction of sp³-hybridized carbons (Fsp3) is 0.556. The maximum absolute atomic E-state index is 14.0. The number of hydrogen-bond donors (Lipinski definition) is 2. The summed E-state index contributed by atoms with van der Waals surface area (Å²) < 4.78 is 14.0. The van der Waals surface area contributed by atoms with Crippen molar-refractivity contribution in [3.8, 4) is 0 Å². The van der Waals surface area contributed by atoms with Gasteiger partial charge in [0.05, 0.1) is 6.04 Å². The third kappa shape index (κ3) is 4.12. The van der Waals surface area contributed by atoms with E-state index in [-0.39, 0.29) is 24.2 Å². The zero-order valence-electron chi connectivity index (χ0n) is 14.4. The number of nitrogens with one attached hydrogen (secondary N) is 1. The van der Waals surface area contributed by atoms with Crippen LogP contribution >= 0.6 is 0 Å². The number of carbonyl (C=O) groups excluding carboxylic acids is 1. The summed E-state index contributed by atoms with van der Waals surface area (Å²) in [6.45, 7) is 6.30. The molecule has 2 rings (SSSR count). The van der Waals surface area contributed by atoms with E-state index < -0.39 is 18.1 Å². The Hall–Kier alpha value is -1.95. The molecule has 1 aliphatic rings. The number of amides is 1. The molecule has 1 amide bonds. The summed E-state index contributed by atoms with van der Waals surface area (Å²) in [5.74, 6) is -1.52. The van der Waals surface area contributed by atoms with E-state index in [1.54, 1.807) is 6.07 Å². The smallest absolute Gasteiger partial charge is 0.326 e. The number of rotatable bonds is 6. The van der Waals surface area contributed by atoms with Crippen LogP contribution in [0, 0.1) is 18.7 Å². The second-order valence-corrected chi connectivity index (χ2v) is 6.73. The molecule has 0 unspecified atom stereocenters. The molecule has 2 atom stereocenters. The summed E-state index contributed by atoms with van der Waals surface area (Å²) >= 11 is 0. The topological polar surface area (TPSA) is 69.6 Å². The largest absolute Gasteiger partial charge is 0.480 e. The number of carboxylic acids is 1. The van der Waals surface area contributed by atoms with Crippen LogP contribution < -0.4 is 5.32 Å². The van der Waals surface area contributed by atoms with Crippen molar-refractivity contribution in [3.63, 3.8) is 0 Å². The lowest BCUT2D eigenvalue weighted by Gasteiger charge is -2.29. The molecule has 0 radical (unpaired) electrons. The highest BCUT2D eigenvalue weighted by Gasteiger charge is 2.37. The molecule has 1 aromatic carbocycles. The molecule has 0 aromatic heterocycles. The van der Waals surface area contributed by atoms with E-state index >= 15 is 0 Å². The minimum absolute atomic E-state index is 0.0268. The van der Waals surface area contributed by atoms with Crippen molar-refractivity contribution >= 4 is 11.9 Å². The average Bonchev–Trinajstić information content (AvgIpc) is 2.98. The Morgan fingerprint density at radius 2 is 2.12 bits per heavy atom. The van der Waals surface area contributed by atoms with Crippen molar-refractivity contribution in [1.29, 1.82) is 0 Å². The van der Waals surface area contributed by atoms with E-state index in [9.17, 15) is 19.1 Å². The second kappa shape index (κ2) is 7.75. The minimum atomic E-state index is -0.965. The van der Waals surface area contributed by atoms with Gasteiger partial charge in [0, 0.05) is 18.7 Å². The molecule has 6 heteroatoms. The number of carboxylic acid groups (broad SMARTS) is 1. The fourth-order valence-corrected chi connectivity index (χ4v) is 3.09. The molecule has 5 nitrogen and oxygen atoms in total. The fourth-order valence-electron chi connectivity index (χ4n) is 3.09. The summed E-state index contributed by atoms with van der Waals surface area (Å²) in [6, 6.07) is 3.70. The lowest BCUT2D eigenvalue weighted by molar-refractivity contribution is -0.149. The maximum atomic E-state index is 14.0. The third-order valence-electron chi connectivity index (χ3n) is 4.47. The summed E-state index contributed by atoms with van der Waals surface area (Å²) in [7, 11) is 0. The van der Waals surface area contributed by atoms with E-state index in [1.165, 1.54) is 11.0 Å². The number of aliphatic carboxylic acids is 1. The van der Waals surface area contributed by atoms with Crippen molar-refractivity contribution < 1.29 is 19.1 Å². The van der Waals surface area contributed by atoms with Gasteiger partial charge in [-0.15, -0.1) is 0 Å². The van der Waals surface area contributed by atoms with E-state index in [1.807, 2.05) is 26.8 Å². The minimum Gasteiger partial charge on any atom is -0.480 e. The van der Waals surface area contributed by atoms with E-state index in [0.29, 0.717) is 24.9 Å². The van der Waals surface area contributed by atoms with Gasteiger partial charge in [0.25, 0.3) is 0 Å². The number of carbonyl (C=O) groups is 2. The number of halogens is 1. The molecule has 1 aliphatic heterocycles. The lowest BCUT2D eigenvalue weighted by atomic mass is 10.0. The summed E-state index contributed by atoms with van der Waals surface area (Å²) in [6.07, 6.45) is 1.18. The Bertz CT molecular complexity index is 618. The highest BCUT2D eigenvalue weighted by molar-refractivity contribution is 5.87. The van der Waals surface area contributed by atoms with Crippen molar-refractivity contribution in [1.82, 2.24) is 10.2 Å². The molecular formula is C18H25FN2O3. The van der Waals surface area contributed by atoms with Gasteiger partial charge in [-0.3, -0.25) is 4.79 Å². The normalized spacial score (nSPS) is 18.9. The third-order valence-corrected chi connectivity index (χ3v) is 4.47. The summed E-state index contributed by atoms with van der Waals surface area (Å²) in [5, 5.41) is 12.4. The molecule has 132 valence electrons. The standard InChI is InChI=1S/C18H25FN2O3/c1-11(2)16(17(22)21-8-4-5-15(21)18(23)24)20-10-13-7-6-12(3)9-14(13)19/h6-7,9,11,15-16,20H,4-5,8,10H2,1-3H3,(H,23,24)/t15-,16-/m0/s1. The van der Waals surface area contributed by atoms with Crippen LogP contribution in [0.2, 0.25) is 0 Å². The van der Waals surface area contributed by atoms with Crippen molar-refractivity contribution in [2.45, 2.75) is 52.2 Å². The van der Waals surface area contributed by atoms with Crippen molar-refractivity contribution in [2.75, 3.05) is 6.54 Å². The molecule has 0 aliphatic carbocycles. The van der Waals surface area contributed by atoms with Gasteiger partial charge in [0.15, 0.2) is 0 Å². The predicted octanol–water partition coefficient (Wildman–Crippen LogP) is 2.32. The van der Waals surface area contributed by atoms with Crippen LogP contribution in [-0.4, -0.2) is 40.5 Å². The summed E-state index contributed by atoms with van der Waals surface area (Å²) in [5.41, 5.74) is 1.34. The van der Waals surface area contributed by atoms with Gasteiger partial charge >= 0.3 is 5.97 Å². The first-order valence-corrected chi connectivity index (χ1v) is 8.33. The van der Waals surface area contributed by atoms with Crippen molar-refractivity contribution in [2.24, 2.45) is 5.92 Å². The monoisotopic (exact) mass is 336 g/mol. The number of hydrogen-bond acceptors (Lipinski definition) is 3. The van der Waals surface area contributed by atoms with Crippen LogP contribution in [-0.2, 0) is 16.1 Å². The quantitative estimate of drug-likeness (QED) is 0.836. The van der Waals surface area contributed by atoms with Gasteiger partial charge in [-0.2, -0.15) is 0 Å². The van der Waals surface area contributed by atoms with Gasteiger partial charge in [0.2, 0.25) is 5.91 Å². The van der Waals surface area contributed by atoms with Crippen LogP contribution in [0.25, 0.3) is 0 Å². The highest BCUT2D eigenvalue weighted by atomic mass is 19.1. The second-order valence-electron chi connectivity index (χ2n) is 6.73. The van der Waals surface area contributed by atoms with Gasteiger partial charge in [-0.05, 0) is 37.3 Å². The Labute approximate surface area is 141 Å². The highest BCUT2D eigenvalue weighted by Crippen LogP contribution is 2.20. The molecule has 0 spiro atoms. The van der Waals surface area contributed by atoms with E-state index in [0.717, 1.165) is 5.56 Å². The molecule has 1 saturated heterocycles. The average molecular weight is 336 g/mol. The SMILES string of the molecule is Cc1ccc(CN[C@H](C(=O)N2CCC[C@H]2C(=O)O)C(C)C)c(F)c1. The zero-order chi connectivity index (χ0) is 17.9. The van der Waals surface area contributed by atoms with Crippen LogP contribution in [0.15, 0.2) is 18.2 Å². The van der Waals surface area contributed by atoms with Gasteiger partial charge in [-0.1, -0.05) is 26.0 Å².